The average molecular weight is 773 g/mol. The van der Waals surface area contributed by atoms with Crippen LogP contribution in [-0.2, 0) is 12.8 Å². The van der Waals surface area contributed by atoms with Crippen molar-refractivity contribution in [2.24, 2.45) is 0 Å². The summed E-state index contributed by atoms with van der Waals surface area (Å²) in [6.07, 6.45) is 9.93. The third-order valence-electron chi connectivity index (χ3n) is 12.9. The first kappa shape index (κ1) is 37.7. The fourth-order valence-electron chi connectivity index (χ4n) is 9.53. The van der Waals surface area contributed by atoms with Crippen LogP contribution in [-0.4, -0.2) is 0 Å². The largest absolute Gasteiger partial charge is 0.0654 e. The Morgan fingerprint density at radius 1 is 0.283 bits per heavy atom. The third-order valence-corrected chi connectivity index (χ3v) is 12.9. The molecule has 0 nitrogen and oxygen atoms in total. The lowest BCUT2D eigenvalue weighted by molar-refractivity contribution is 0.717. The van der Waals surface area contributed by atoms with Gasteiger partial charge in [-0.25, -0.2) is 0 Å². The lowest BCUT2D eigenvalue weighted by Gasteiger charge is -2.17. The van der Waals surface area contributed by atoms with E-state index in [4.69, 9.17) is 0 Å². The summed E-state index contributed by atoms with van der Waals surface area (Å²) >= 11 is 0. The number of unbranched alkanes of at least 4 members (excludes halogenated alkanes) is 4. The van der Waals surface area contributed by atoms with Gasteiger partial charge in [0, 0.05) is 0 Å². The van der Waals surface area contributed by atoms with E-state index in [1.807, 2.05) is 0 Å². The quantitative estimate of drug-likeness (QED) is 0.0857. The Kier molecular flexibility index (Phi) is 10.5. The zero-order valence-corrected chi connectivity index (χ0v) is 35.0. The molecule has 0 atom stereocenters. The highest BCUT2D eigenvalue weighted by Crippen LogP contribution is 2.43. The number of fused-ring (bicyclic) bond motifs is 7. The molecular formula is C60H52. The van der Waals surface area contributed by atoms with Gasteiger partial charge in [0.05, 0.1) is 0 Å². The zero-order valence-electron chi connectivity index (χ0n) is 35.0. The molecule has 0 bridgehead atoms. The number of benzene rings is 10. The summed E-state index contributed by atoms with van der Waals surface area (Å²) in [6, 6.07) is 69.2. The van der Waals surface area contributed by atoms with Gasteiger partial charge < -0.3 is 0 Å². The maximum absolute atomic E-state index is 2.45. The Bertz CT molecular complexity index is 2930. The Morgan fingerprint density at radius 2 is 0.650 bits per heavy atom. The second-order valence-electron chi connectivity index (χ2n) is 16.9. The van der Waals surface area contributed by atoms with Crippen molar-refractivity contribution in [2.45, 2.75) is 65.2 Å². The molecule has 0 aliphatic heterocycles. The highest BCUT2D eigenvalue weighted by Gasteiger charge is 2.16. The molecule has 0 spiro atoms. The number of hydrogen-bond donors (Lipinski definition) is 0. The smallest absolute Gasteiger partial charge is 0.00259 e. The molecule has 10 aromatic rings. The summed E-state index contributed by atoms with van der Waals surface area (Å²) in [5, 5.41) is 12.8. The molecule has 0 aliphatic carbocycles. The van der Waals surface area contributed by atoms with Crippen molar-refractivity contribution in [1.29, 1.82) is 0 Å². The van der Waals surface area contributed by atoms with Crippen LogP contribution in [0, 0.1) is 0 Å². The second kappa shape index (κ2) is 16.6. The lowest BCUT2D eigenvalue weighted by atomic mass is 9.87. The molecule has 0 saturated heterocycles. The van der Waals surface area contributed by atoms with Crippen molar-refractivity contribution in [1.82, 2.24) is 0 Å². The van der Waals surface area contributed by atoms with Gasteiger partial charge in [-0.1, -0.05) is 185 Å². The Balaban J connectivity index is 1.06. The van der Waals surface area contributed by atoms with Gasteiger partial charge in [-0.2, -0.15) is 0 Å². The first-order valence-electron chi connectivity index (χ1n) is 22.3. The van der Waals surface area contributed by atoms with E-state index in [-0.39, 0.29) is 0 Å². The van der Waals surface area contributed by atoms with Crippen LogP contribution in [0.5, 0.6) is 0 Å². The minimum atomic E-state index is 1.16. The highest BCUT2D eigenvalue weighted by molar-refractivity contribution is 6.26. The van der Waals surface area contributed by atoms with E-state index in [1.165, 1.54) is 148 Å². The molecule has 10 rings (SSSR count). The van der Waals surface area contributed by atoms with Gasteiger partial charge in [0.15, 0.2) is 0 Å². The van der Waals surface area contributed by atoms with Crippen molar-refractivity contribution in [3.63, 3.8) is 0 Å². The Morgan fingerprint density at radius 3 is 1.07 bits per heavy atom. The molecule has 0 aliphatic rings. The van der Waals surface area contributed by atoms with E-state index >= 15 is 0 Å². The van der Waals surface area contributed by atoms with E-state index in [0.29, 0.717) is 0 Å². The fourth-order valence-corrected chi connectivity index (χ4v) is 9.53. The molecule has 0 saturated carbocycles. The SMILES string of the molecule is CCCCCc1ccc(-c2ccc3ccc(-c4cc5cc(-c6ccc7ccc(-c8ccc(CCCCC)cc8)cc7c6)c6ccccc6c5c5ccccc45)cc3c2)cc1. The topological polar surface area (TPSA) is 0 Å². The minimum Gasteiger partial charge on any atom is -0.0654 e. The van der Waals surface area contributed by atoms with Gasteiger partial charge in [0.1, 0.15) is 0 Å². The molecule has 292 valence electrons. The molecule has 60 heavy (non-hydrogen) atoms. The van der Waals surface area contributed by atoms with Crippen LogP contribution in [0.25, 0.3) is 98.4 Å². The van der Waals surface area contributed by atoms with Gasteiger partial charge in [-0.05, 0) is 172 Å². The minimum absolute atomic E-state index is 1.16. The lowest BCUT2D eigenvalue weighted by Crippen LogP contribution is -1.90. The van der Waals surface area contributed by atoms with Crippen molar-refractivity contribution in [3.8, 4) is 44.5 Å². The van der Waals surface area contributed by atoms with Gasteiger partial charge in [-0.15, -0.1) is 0 Å². The van der Waals surface area contributed by atoms with Crippen molar-refractivity contribution in [3.05, 3.63) is 193 Å². The molecule has 0 heteroatoms. The number of rotatable bonds is 12. The Labute approximate surface area is 355 Å². The summed E-state index contributed by atoms with van der Waals surface area (Å²) in [4.78, 5) is 0. The molecule has 0 N–H and O–H groups in total. The second-order valence-corrected chi connectivity index (χ2v) is 16.9. The van der Waals surface area contributed by atoms with Crippen LogP contribution in [0.3, 0.4) is 0 Å². The summed E-state index contributed by atoms with van der Waals surface area (Å²) in [6.45, 7) is 4.54. The maximum Gasteiger partial charge on any atom is -0.00259 e. The molecule has 0 unspecified atom stereocenters. The van der Waals surface area contributed by atoms with Gasteiger partial charge in [0.25, 0.3) is 0 Å². The van der Waals surface area contributed by atoms with Crippen LogP contribution < -0.4 is 0 Å². The Hall–Kier alpha value is -6.50. The molecular weight excluding hydrogens is 721 g/mol. The highest BCUT2D eigenvalue weighted by atomic mass is 14.2. The molecule has 10 aromatic carbocycles. The average Bonchev–Trinajstić information content (AvgIpc) is 3.31. The van der Waals surface area contributed by atoms with E-state index in [1.54, 1.807) is 0 Å². The monoisotopic (exact) mass is 772 g/mol. The predicted octanol–water partition coefficient (Wildman–Crippen LogP) is 17.6. The van der Waals surface area contributed by atoms with Gasteiger partial charge in [0.2, 0.25) is 0 Å². The van der Waals surface area contributed by atoms with E-state index in [0.717, 1.165) is 12.8 Å². The first-order chi connectivity index (χ1) is 29.6. The van der Waals surface area contributed by atoms with Crippen LogP contribution in [0.2, 0.25) is 0 Å². The molecule has 0 amide bonds. The van der Waals surface area contributed by atoms with Crippen molar-refractivity contribution < 1.29 is 0 Å². The van der Waals surface area contributed by atoms with Crippen molar-refractivity contribution >= 4 is 53.9 Å². The summed E-state index contributed by atoms with van der Waals surface area (Å²) in [5.74, 6) is 0. The summed E-state index contributed by atoms with van der Waals surface area (Å²) < 4.78 is 0. The van der Waals surface area contributed by atoms with E-state index < -0.39 is 0 Å². The van der Waals surface area contributed by atoms with Gasteiger partial charge in [-0.3, -0.25) is 0 Å². The van der Waals surface area contributed by atoms with E-state index in [9.17, 15) is 0 Å². The standard InChI is InChI=1S/C60H52/c1-3-5-7-13-41-19-23-43(24-20-41)47-31-27-45-29-33-49(37-51(45)35-47)58-39-53-40-59(55-16-10-12-18-57(55)60(53)56-17-11-9-15-54(56)58)50-34-30-46-28-32-48(36-52(46)38-50)44-25-21-42(22-26-44)14-8-6-4-2/h9-12,15-40H,3-8,13-14H2,1-2H3. The maximum atomic E-state index is 2.45. The number of hydrogen-bond acceptors (Lipinski definition) is 0. The predicted molar refractivity (Wildman–Crippen MR) is 262 cm³/mol. The zero-order chi connectivity index (χ0) is 40.4. The third kappa shape index (κ3) is 7.37. The van der Waals surface area contributed by atoms with Crippen LogP contribution in [0.4, 0.5) is 0 Å². The number of aryl methyl sites for hydroxylation is 2. The first-order valence-corrected chi connectivity index (χ1v) is 22.3. The molecule has 0 radical (unpaired) electrons. The summed E-state index contributed by atoms with van der Waals surface area (Å²) in [7, 11) is 0. The van der Waals surface area contributed by atoms with Crippen LogP contribution >= 0.6 is 0 Å². The van der Waals surface area contributed by atoms with Crippen LogP contribution in [0.15, 0.2) is 182 Å². The summed E-state index contributed by atoms with van der Waals surface area (Å²) in [5.41, 5.74) is 12.9. The van der Waals surface area contributed by atoms with Crippen LogP contribution in [0.1, 0.15) is 63.5 Å². The van der Waals surface area contributed by atoms with Crippen molar-refractivity contribution in [2.75, 3.05) is 0 Å². The fraction of sp³-hybridized carbons (Fsp3) is 0.167. The molecule has 0 heterocycles. The normalized spacial score (nSPS) is 11.7. The molecule has 0 aromatic heterocycles. The van der Waals surface area contributed by atoms with Gasteiger partial charge >= 0.3 is 0 Å². The molecule has 0 fully saturated rings. The van der Waals surface area contributed by atoms with E-state index in [2.05, 4.69) is 196 Å².